The molecule has 0 unspecified atom stereocenters. The molecule has 3 aromatic carbocycles. The summed E-state index contributed by atoms with van der Waals surface area (Å²) in [5.74, 6) is -0.443. The van der Waals surface area contributed by atoms with Crippen LogP contribution in [0, 0.1) is 5.92 Å². The molecular weight excluding hydrogens is 608 g/mol. The van der Waals surface area contributed by atoms with Crippen molar-refractivity contribution in [2.24, 2.45) is 20.0 Å². The summed E-state index contributed by atoms with van der Waals surface area (Å²) in [6.07, 6.45) is 0.554. The summed E-state index contributed by atoms with van der Waals surface area (Å²) in [5.41, 5.74) is 4.52. The predicted molar refractivity (Wildman–Crippen MR) is 182 cm³/mol. The van der Waals surface area contributed by atoms with Crippen molar-refractivity contribution in [1.82, 2.24) is 19.0 Å². The highest BCUT2D eigenvalue weighted by molar-refractivity contribution is 5.85. The number of carbonyl (C=O) groups excluding carboxylic acids is 1. The van der Waals surface area contributed by atoms with Gasteiger partial charge in [-0.15, -0.1) is 0 Å². The number of ether oxygens (including phenoxy) is 3. The topological polar surface area (TPSA) is 108 Å². The van der Waals surface area contributed by atoms with E-state index in [0.717, 1.165) is 37.9 Å². The molecule has 248 valence electrons. The Labute approximate surface area is 278 Å². The lowest BCUT2D eigenvalue weighted by molar-refractivity contribution is -0.146. The van der Waals surface area contributed by atoms with E-state index in [2.05, 4.69) is 18.0 Å². The van der Waals surface area contributed by atoms with E-state index in [0.29, 0.717) is 38.0 Å². The number of nitrogens with one attached hydrogen (secondary N) is 1. The fourth-order valence-corrected chi connectivity index (χ4v) is 7.42. The number of aromatic nitrogens is 3. The average molecular weight is 649 g/mol. The van der Waals surface area contributed by atoms with Crippen molar-refractivity contribution < 1.29 is 19.0 Å². The number of aromatic amines is 1. The normalized spacial score (nSPS) is 20.2. The summed E-state index contributed by atoms with van der Waals surface area (Å²) in [6.45, 7) is 2.96. The monoisotopic (exact) mass is 648 g/mol. The molecule has 4 atom stereocenters. The molecule has 0 fully saturated rings. The van der Waals surface area contributed by atoms with Gasteiger partial charge in [-0.2, -0.15) is 0 Å². The highest BCUT2D eigenvalue weighted by atomic mass is 16.7. The van der Waals surface area contributed by atoms with Gasteiger partial charge in [0.1, 0.15) is 6.61 Å². The van der Waals surface area contributed by atoms with Crippen molar-refractivity contribution in [2.75, 3.05) is 6.54 Å². The van der Waals surface area contributed by atoms with Crippen LogP contribution in [0.15, 0.2) is 94.5 Å². The zero-order valence-corrected chi connectivity index (χ0v) is 27.4. The molecule has 4 heterocycles. The molecule has 1 N–H and O–H groups in total. The molecular formula is C38H40N4O6. The first-order chi connectivity index (χ1) is 23.4. The van der Waals surface area contributed by atoms with E-state index >= 15 is 0 Å². The predicted octanol–water partition coefficient (Wildman–Crippen LogP) is 5.94. The molecule has 0 radical (unpaired) electrons. The molecule has 0 aliphatic carbocycles. The molecule has 5 aromatic rings. The summed E-state index contributed by atoms with van der Waals surface area (Å²) in [6, 6.07) is 27.2. The lowest BCUT2D eigenvalue weighted by Gasteiger charge is -2.42. The van der Waals surface area contributed by atoms with Gasteiger partial charge in [0, 0.05) is 49.1 Å². The van der Waals surface area contributed by atoms with Crippen LogP contribution in [0.4, 0.5) is 4.79 Å². The number of rotatable bonds is 8. The Kier molecular flexibility index (Phi) is 8.66. The minimum atomic E-state index is -0.727. The van der Waals surface area contributed by atoms with Crippen molar-refractivity contribution in [3.8, 4) is 5.88 Å². The van der Waals surface area contributed by atoms with Crippen LogP contribution in [-0.2, 0) is 43.2 Å². The SMILES string of the molecule is CC[C@@H]1[C@@H](OCc2ccccc2)Oc2c(c(=O)n(C)c(=O)n2C)[C@@H]1C[C@H]1c2[nH]c3ccccc3c2CCN1C(=O)OCc1ccccc1. The molecule has 0 spiro atoms. The molecule has 2 aliphatic heterocycles. The number of H-pyrrole nitrogens is 1. The highest BCUT2D eigenvalue weighted by Gasteiger charge is 2.45. The lowest BCUT2D eigenvalue weighted by atomic mass is 9.77. The van der Waals surface area contributed by atoms with Gasteiger partial charge in [0.25, 0.3) is 5.56 Å². The van der Waals surface area contributed by atoms with Crippen molar-refractivity contribution in [3.63, 3.8) is 0 Å². The smallest absolute Gasteiger partial charge is 0.410 e. The maximum absolute atomic E-state index is 14.0. The summed E-state index contributed by atoms with van der Waals surface area (Å²) in [4.78, 5) is 46.4. The third-order valence-electron chi connectivity index (χ3n) is 9.91. The van der Waals surface area contributed by atoms with Crippen LogP contribution in [0.5, 0.6) is 5.88 Å². The van der Waals surface area contributed by atoms with Gasteiger partial charge in [-0.25, -0.2) is 9.59 Å². The third-order valence-corrected chi connectivity index (χ3v) is 9.91. The van der Waals surface area contributed by atoms with E-state index in [9.17, 15) is 14.4 Å². The van der Waals surface area contributed by atoms with Crippen LogP contribution in [0.2, 0.25) is 0 Å². The van der Waals surface area contributed by atoms with E-state index in [-0.39, 0.29) is 18.4 Å². The Morgan fingerprint density at radius 2 is 1.56 bits per heavy atom. The first-order valence-electron chi connectivity index (χ1n) is 16.5. The van der Waals surface area contributed by atoms with Crippen molar-refractivity contribution >= 4 is 17.0 Å². The van der Waals surface area contributed by atoms with Gasteiger partial charge in [-0.05, 0) is 42.0 Å². The molecule has 0 bridgehead atoms. The second-order valence-electron chi connectivity index (χ2n) is 12.7. The number of hydrogen-bond donors (Lipinski definition) is 1. The van der Waals surface area contributed by atoms with Gasteiger partial charge < -0.3 is 19.2 Å². The molecule has 0 saturated heterocycles. The van der Waals surface area contributed by atoms with Gasteiger partial charge in [0.05, 0.1) is 18.2 Å². The number of benzene rings is 3. The van der Waals surface area contributed by atoms with Crippen LogP contribution in [0.25, 0.3) is 10.9 Å². The van der Waals surface area contributed by atoms with E-state index in [1.807, 2.05) is 78.9 Å². The van der Waals surface area contributed by atoms with Crippen LogP contribution >= 0.6 is 0 Å². The molecule has 48 heavy (non-hydrogen) atoms. The first-order valence-corrected chi connectivity index (χ1v) is 16.5. The fraction of sp³-hybridized carbons (Fsp3) is 0.342. The second-order valence-corrected chi connectivity index (χ2v) is 12.7. The standard InChI is InChI=1S/C38H40N4O6/c1-4-26-29(32-34(43)40(2)37(44)41(3)35(32)48-36(26)46-22-24-13-7-5-8-14-24)21-31-33-28(27-17-11-12-18-30(27)39-33)19-20-42(31)38(45)47-23-25-15-9-6-10-16-25/h5-18,26,29,31,36,39H,4,19-23H2,1-3H3/t26-,29+,31-,36-/m0/s1. The van der Waals surface area contributed by atoms with Gasteiger partial charge in [0.15, 0.2) is 0 Å². The molecule has 7 rings (SSSR count). The van der Waals surface area contributed by atoms with Crippen LogP contribution in [-0.4, -0.2) is 37.9 Å². The third kappa shape index (κ3) is 5.70. The van der Waals surface area contributed by atoms with Crippen LogP contribution in [0.1, 0.15) is 59.7 Å². The zero-order chi connectivity index (χ0) is 33.4. The van der Waals surface area contributed by atoms with Gasteiger partial charge in [0.2, 0.25) is 12.2 Å². The summed E-state index contributed by atoms with van der Waals surface area (Å²) < 4.78 is 21.3. The van der Waals surface area contributed by atoms with Crippen LogP contribution < -0.4 is 16.0 Å². The summed E-state index contributed by atoms with van der Waals surface area (Å²) >= 11 is 0. The van der Waals surface area contributed by atoms with Gasteiger partial charge in [-0.1, -0.05) is 85.8 Å². The van der Waals surface area contributed by atoms with Crippen LogP contribution in [0.3, 0.4) is 0 Å². The van der Waals surface area contributed by atoms with E-state index in [1.54, 1.807) is 11.9 Å². The highest BCUT2D eigenvalue weighted by Crippen LogP contribution is 2.47. The molecule has 2 aromatic heterocycles. The van der Waals surface area contributed by atoms with Gasteiger partial charge in [-0.3, -0.25) is 18.8 Å². The number of fused-ring (bicyclic) bond motifs is 4. The zero-order valence-electron chi connectivity index (χ0n) is 27.4. The Morgan fingerprint density at radius 1 is 0.896 bits per heavy atom. The summed E-state index contributed by atoms with van der Waals surface area (Å²) in [5, 5.41) is 1.12. The fourth-order valence-electron chi connectivity index (χ4n) is 7.42. The van der Waals surface area contributed by atoms with E-state index in [1.165, 1.54) is 11.6 Å². The van der Waals surface area contributed by atoms with Crippen molar-refractivity contribution in [1.29, 1.82) is 0 Å². The molecule has 10 nitrogen and oxygen atoms in total. The lowest BCUT2D eigenvalue weighted by Crippen LogP contribution is -2.49. The average Bonchev–Trinajstić information content (AvgIpc) is 3.51. The van der Waals surface area contributed by atoms with E-state index in [4.69, 9.17) is 14.2 Å². The summed E-state index contributed by atoms with van der Waals surface area (Å²) in [7, 11) is 3.10. The maximum Gasteiger partial charge on any atom is 0.410 e. The van der Waals surface area contributed by atoms with Gasteiger partial charge >= 0.3 is 11.8 Å². The molecule has 1 amide bonds. The Morgan fingerprint density at radius 3 is 2.27 bits per heavy atom. The largest absolute Gasteiger partial charge is 0.449 e. The quantitative estimate of drug-likeness (QED) is 0.223. The van der Waals surface area contributed by atoms with Crippen molar-refractivity contribution in [2.45, 2.75) is 57.6 Å². The number of amides is 1. The van der Waals surface area contributed by atoms with Crippen molar-refractivity contribution in [3.05, 3.63) is 134 Å². The number of para-hydroxylation sites is 1. The Balaban J connectivity index is 1.30. The number of nitrogens with zero attached hydrogens (tertiary/aromatic N) is 3. The molecule has 2 aliphatic rings. The minimum Gasteiger partial charge on any atom is -0.449 e. The molecule has 0 saturated carbocycles. The van der Waals surface area contributed by atoms with E-state index < -0.39 is 35.6 Å². The minimum absolute atomic E-state index is 0.151. The first kappa shape index (κ1) is 31.5. The number of hydrogen-bond acceptors (Lipinski definition) is 6. The number of carbonyl (C=O) groups is 1. The molecule has 10 heteroatoms. The Bertz CT molecular complexity index is 2050. The maximum atomic E-state index is 14.0. The second kappa shape index (κ2) is 13.2. The Hall–Kier alpha value is -5.09.